The molecule has 1 aromatic carbocycles. The molecule has 0 aliphatic heterocycles. The number of anilines is 1. The van der Waals surface area contributed by atoms with Crippen molar-refractivity contribution in [2.24, 2.45) is 0 Å². The molecule has 1 aromatic rings. The Kier molecular flexibility index (Phi) is 4.58. The second-order valence-electron chi connectivity index (χ2n) is 3.76. The molecule has 1 amide bonds. The first kappa shape index (κ1) is 17.3. The Morgan fingerprint density at radius 2 is 1.52 bits per heavy atom. The fourth-order valence-corrected chi connectivity index (χ4v) is 1.90. The summed E-state index contributed by atoms with van der Waals surface area (Å²) in [6.07, 6.45) is -6.02. The van der Waals surface area contributed by atoms with Crippen LogP contribution in [0.2, 0.25) is 0 Å². The Balaban J connectivity index is 2.94. The minimum absolute atomic E-state index is 0.245. The van der Waals surface area contributed by atoms with Gasteiger partial charge in [-0.25, -0.2) is 13.1 Å². The summed E-state index contributed by atoms with van der Waals surface area (Å²) in [4.78, 5) is 10.7. The predicted octanol–water partition coefficient (Wildman–Crippen LogP) is 1.73. The van der Waals surface area contributed by atoms with Crippen molar-refractivity contribution >= 4 is 21.6 Å². The third-order valence-corrected chi connectivity index (χ3v) is 3.76. The molecule has 0 aliphatic carbocycles. The Bertz CT molecular complexity index is 625. The van der Waals surface area contributed by atoms with Crippen LogP contribution in [0.1, 0.15) is 0 Å². The average molecular weight is 332 g/mol. The molecule has 21 heavy (non-hydrogen) atoms. The van der Waals surface area contributed by atoms with Gasteiger partial charge >= 0.3 is 18.0 Å². The van der Waals surface area contributed by atoms with E-state index in [9.17, 15) is 35.2 Å². The van der Waals surface area contributed by atoms with Gasteiger partial charge in [-0.1, -0.05) is 0 Å². The normalized spacial score (nSPS) is 13.0. The molecule has 0 heterocycles. The minimum atomic E-state index is -6.02. The summed E-state index contributed by atoms with van der Waals surface area (Å²) in [6.45, 7) is 0. The molecule has 0 saturated carbocycles. The molecule has 11 heteroatoms. The number of nitrogens with one attached hydrogen (secondary N) is 2. The molecule has 5 nitrogen and oxygen atoms in total. The van der Waals surface area contributed by atoms with Gasteiger partial charge in [0.2, 0.25) is 10.0 Å². The number of alkyl halides is 5. The van der Waals surface area contributed by atoms with Crippen molar-refractivity contribution < 1.29 is 35.2 Å². The van der Waals surface area contributed by atoms with E-state index in [1.165, 1.54) is 5.32 Å². The highest BCUT2D eigenvalue weighted by Gasteiger charge is 2.63. The molecule has 0 unspecified atom stereocenters. The van der Waals surface area contributed by atoms with E-state index in [0.717, 1.165) is 31.3 Å². The largest absolute Gasteiger partial charge is 0.463 e. The Morgan fingerprint density at radius 3 is 1.90 bits per heavy atom. The fourth-order valence-electron chi connectivity index (χ4n) is 1.17. The lowest BCUT2D eigenvalue weighted by Gasteiger charge is -2.18. The van der Waals surface area contributed by atoms with Crippen LogP contribution in [-0.2, 0) is 14.8 Å². The number of amides is 1. The molecule has 0 fully saturated rings. The van der Waals surface area contributed by atoms with E-state index in [4.69, 9.17) is 0 Å². The number of hydrogen-bond acceptors (Lipinski definition) is 3. The van der Waals surface area contributed by atoms with Gasteiger partial charge in [0.15, 0.2) is 0 Å². The molecule has 0 aromatic heterocycles. The second-order valence-corrected chi connectivity index (χ2v) is 5.64. The summed E-state index contributed by atoms with van der Waals surface area (Å²) in [6, 6.07) is 3.64. The molecule has 0 saturated heterocycles. The van der Waals surface area contributed by atoms with Crippen molar-refractivity contribution in [2.45, 2.75) is 17.0 Å². The molecular formula is C10H9F5N2O3S. The van der Waals surface area contributed by atoms with E-state index in [1.54, 1.807) is 0 Å². The standard InChI is InChI=1S/C10H9F5N2O3S/c1-16-21(19,20)7-4-2-6(3-5-7)17-8(18)9(11,12)10(13,14)15/h2-5,16H,1H3,(H,17,18). The molecule has 0 spiro atoms. The summed E-state index contributed by atoms with van der Waals surface area (Å²) in [5.41, 5.74) is -0.404. The molecule has 0 atom stereocenters. The second kappa shape index (κ2) is 5.56. The SMILES string of the molecule is CNS(=O)(=O)c1ccc(NC(=O)C(F)(F)C(F)(F)F)cc1. The van der Waals surface area contributed by atoms with Gasteiger partial charge in [0.1, 0.15) is 0 Å². The van der Waals surface area contributed by atoms with E-state index in [-0.39, 0.29) is 4.90 Å². The zero-order valence-electron chi connectivity index (χ0n) is 10.3. The lowest BCUT2D eigenvalue weighted by molar-refractivity contribution is -0.267. The topological polar surface area (TPSA) is 75.3 Å². The maximum absolute atomic E-state index is 12.7. The Labute approximate surface area is 116 Å². The summed E-state index contributed by atoms with van der Waals surface area (Å²) in [5, 5.41) is 1.36. The maximum Gasteiger partial charge on any atom is 0.463 e. The van der Waals surface area contributed by atoms with Gasteiger partial charge < -0.3 is 5.32 Å². The summed E-state index contributed by atoms with van der Waals surface area (Å²) in [7, 11) is -2.65. The summed E-state index contributed by atoms with van der Waals surface area (Å²) < 4.78 is 85.9. The Morgan fingerprint density at radius 1 is 1.05 bits per heavy atom. The number of halogens is 5. The van der Waals surface area contributed by atoms with Crippen LogP contribution in [0.3, 0.4) is 0 Å². The van der Waals surface area contributed by atoms with Crippen molar-refractivity contribution in [3.63, 3.8) is 0 Å². The number of carbonyl (C=O) groups excluding carboxylic acids is 1. The van der Waals surface area contributed by atoms with Gasteiger partial charge in [-0.3, -0.25) is 4.79 Å². The number of sulfonamides is 1. The molecule has 0 radical (unpaired) electrons. The smallest absolute Gasteiger partial charge is 0.321 e. The number of benzene rings is 1. The molecule has 0 bridgehead atoms. The zero-order valence-corrected chi connectivity index (χ0v) is 11.1. The van der Waals surface area contributed by atoms with Crippen LogP contribution >= 0.6 is 0 Å². The van der Waals surface area contributed by atoms with Gasteiger partial charge in [0.05, 0.1) is 4.90 Å². The van der Waals surface area contributed by atoms with Crippen LogP contribution in [-0.4, -0.2) is 33.5 Å². The first-order valence-electron chi connectivity index (χ1n) is 5.21. The van der Waals surface area contributed by atoms with Gasteiger partial charge in [-0.15, -0.1) is 0 Å². The number of rotatable bonds is 4. The Hall–Kier alpha value is -1.75. The van der Waals surface area contributed by atoms with E-state index in [0.29, 0.717) is 0 Å². The quantitative estimate of drug-likeness (QED) is 0.825. The van der Waals surface area contributed by atoms with Crippen molar-refractivity contribution in [1.29, 1.82) is 0 Å². The minimum Gasteiger partial charge on any atom is -0.321 e. The maximum atomic E-state index is 12.7. The first-order valence-corrected chi connectivity index (χ1v) is 6.70. The van der Waals surface area contributed by atoms with E-state index in [1.807, 2.05) is 4.72 Å². The lowest BCUT2D eigenvalue weighted by atomic mass is 10.2. The van der Waals surface area contributed by atoms with Gasteiger partial charge in [-0.2, -0.15) is 22.0 Å². The highest BCUT2D eigenvalue weighted by molar-refractivity contribution is 7.89. The van der Waals surface area contributed by atoms with Crippen LogP contribution < -0.4 is 10.0 Å². The molecule has 1 rings (SSSR count). The van der Waals surface area contributed by atoms with Crippen molar-refractivity contribution in [3.8, 4) is 0 Å². The van der Waals surface area contributed by atoms with Crippen LogP contribution in [0.5, 0.6) is 0 Å². The highest BCUT2D eigenvalue weighted by atomic mass is 32.2. The van der Waals surface area contributed by atoms with Gasteiger partial charge in [-0.05, 0) is 31.3 Å². The van der Waals surface area contributed by atoms with Crippen LogP contribution in [0.25, 0.3) is 0 Å². The van der Waals surface area contributed by atoms with Gasteiger partial charge in [0.25, 0.3) is 0 Å². The number of hydrogen-bond donors (Lipinski definition) is 2. The van der Waals surface area contributed by atoms with Crippen molar-refractivity contribution in [2.75, 3.05) is 12.4 Å². The van der Waals surface area contributed by atoms with E-state index >= 15 is 0 Å². The van der Waals surface area contributed by atoms with Crippen molar-refractivity contribution in [3.05, 3.63) is 24.3 Å². The van der Waals surface area contributed by atoms with Crippen LogP contribution in [0, 0.1) is 0 Å². The number of carbonyl (C=O) groups is 1. The van der Waals surface area contributed by atoms with Gasteiger partial charge in [0, 0.05) is 5.69 Å². The van der Waals surface area contributed by atoms with E-state index in [2.05, 4.69) is 0 Å². The molecule has 118 valence electrons. The zero-order chi connectivity index (χ0) is 16.5. The van der Waals surface area contributed by atoms with Crippen LogP contribution in [0.4, 0.5) is 27.6 Å². The highest BCUT2D eigenvalue weighted by Crippen LogP contribution is 2.36. The first-order chi connectivity index (χ1) is 9.41. The average Bonchev–Trinajstić information content (AvgIpc) is 2.38. The molecular weight excluding hydrogens is 323 g/mol. The summed E-state index contributed by atoms with van der Waals surface area (Å²) >= 11 is 0. The van der Waals surface area contributed by atoms with Crippen molar-refractivity contribution in [1.82, 2.24) is 4.72 Å². The third kappa shape index (κ3) is 3.67. The third-order valence-electron chi connectivity index (χ3n) is 2.33. The monoisotopic (exact) mass is 332 g/mol. The van der Waals surface area contributed by atoms with Crippen LogP contribution in [0.15, 0.2) is 29.2 Å². The van der Waals surface area contributed by atoms with E-state index < -0.39 is 33.7 Å². The molecule has 2 N–H and O–H groups in total. The molecule has 0 aliphatic rings. The summed E-state index contributed by atoms with van der Waals surface area (Å²) in [5.74, 6) is -8.11. The fraction of sp³-hybridized carbons (Fsp3) is 0.300. The predicted molar refractivity (Wildman–Crippen MR) is 62.3 cm³/mol. The lowest BCUT2D eigenvalue weighted by Crippen LogP contribution is -2.47.